The van der Waals surface area contributed by atoms with Gasteiger partial charge in [-0.2, -0.15) is 0 Å². The van der Waals surface area contributed by atoms with Crippen LogP contribution in [-0.2, 0) is 0 Å². The molecule has 168 valence electrons. The average molecular weight is 493 g/mol. The van der Waals surface area contributed by atoms with Crippen molar-refractivity contribution in [1.82, 2.24) is 0 Å². The van der Waals surface area contributed by atoms with Crippen molar-refractivity contribution < 1.29 is 0 Å². The van der Waals surface area contributed by atoms with Crippen LogP contribution in [0.1, 0.15) is 0 Å². The van der Waals surface area contributed by atoms with E-state index in [1.165, 1.54) is 73.4 Å². The van der Waals surface area contributed by atoms with Crippen molar-refractivity contribution >= 4 is 75.2 Å². The minimum Gasteiger partial charge on any atom is -0.135 e. The first kappa shape index (κ1) is 20.2. The Morgan fingerprint density at radius 3 is 1.22 bits per heavy atom. The van der Waals surface area contributed by atoms with Crippen molar-refractivity contribution in [3.05, 3.63) is 121 Å². The summed E-state index contributed by atoms with van der Waals surface area (Å²) in [6.07, 6.45) is 0. The van der Waals surface area contributed by atoms with Gasteiger partial charge in [0, 0.05) is 19.2 Å². The summed E-state index contributed by atoms with van der Waals surface area (Å²) in [6, 6.07) is 44.8. The normalized spacial score (nSPS) is 11.9. The van der Waals surface area contributed by atoms with Gasteiger partial charge in [-0.1, -0.05) is 84.9 Å². The molecule has 0 amide bonds. The third-order valence-electron chi connectivity index (χ3n) is 7.22. The van der Waals surface area contributed by atoms with Crippen LogP contribution in [0, 0.1) is 0 Å². The van der Waals surface area contributed by atoms with Crippen LogP contribution in [0.4, 0.5) is 0 Å². The standard InChI is InChI=1S/C34H20S2/c1-3-7-21(8-4-1)31-19-25-15-29-23(17-33(25)35-31)11-13-28-27(29)14-12-24-18-34-26(16-30(24)28)20-32(36-34)22-9-5-2-6-10-22/h1-20H. The van der Waals surface area contributed by atoms with Crippen molar-refractivity contribution in [2.75, 3.05) is 0 Å². The van der Waals surface area contributed by atoms with Gasteiger partial charge < -0.3 is 0 Å². The highest BCUT2D eigenvalue weighted by molar-refractivity contribution is 7.22. The predicted octanol–water partition coefficient (Wildman–Crippen LogP) is 10.9. The third-order valence-corrected chi connectivity index (χ3v) is 9.52. The minimum absolute atomic E-state index is 1.29. The van der Waals surface area contributed by atoms with Crippen LogP contribution in [0.3, 0.4) is 0 Å². The van der Waals surface area contributed by atoms with E-state index >= 15 is 0 Å². The Morgan fingerprint density at radius 1 is 0.333 bits per heavy atom. The van der Waals surface area contributed by atoms with Crippen LogP contribution < -0.4 is 0 Å². The lowest BCUT2D eigenvalue weighted by Gasteiger charge is -2.08. The second-order valence-electron chi connectivity index (χ2n) is 9.40. The Hall–Kier alpha value is -3.98. The van der Waals surface area contributed by atoms with E-state index in [1.54, 1.807) is 0 Å². The molecule has 0 bridgehead atoms. The molecule has 0 spiro atoms. The smallest absolute Gasteiger partial charge is 0.0355 e. The molecule has 2 heterocycles. The van der Waals surface area contributed by atoms with Crippen LogP contribution in [0.2, 0.25) is 0 Å². The monoisotopic (exact) mass is 492 g/mol. The van der Waals surface area contributed by atoms with Gasteiger partial charge in [-0.15, -0.1) is 22.7 Å². The highest BCUT2D eigenvalue weighted by Crippen LogP contribution is 2.41. The first-order valence-electron chi connectivity index (χ1n) is 12.2. The Kier molecular flexibility index (Phi) is 4.36. The fraction of sp³-hybridized carbons (Fsp3) is 0. The SMILES string of the molecule is c1ccc(-c2cc3cc4c(ccc5c6cc7cc(-c8ccccc8)sc7cc6ccc45)cc3s2)cc1. The zero-order chi connectivity index (χ0) is 23.6. The predicted molar refractivity (Wildman–Crippen MR) is 161 cm³/mol. The van der Waals surface area contributed by atoms with Gasteiger partial charge in [-0.25, -0.2) is 0 Å². The summed E-state index contributed by atoms with van der Waals surface area (Å²) in [6.45, 7) is 0. The fourth-order valence-corrected chi connectivity index (χ4v) is 7.63. The molecule has 0 atom stereocenters. The number of hydrogen-bond acceptors (Lipinski definition) is 2. The number of fused-ring (bicyclic) bond motifs is 7. The van der Waals surface area contributed by atoms with Gasteiger partial charge >= 0.3 is 0 Å². The van der Waals surface area contributed by atoms with Crippen molar-refractivity contribution in [2.45, 2.75) is 0 Å². The van der Waals surface area contributed by atoms with E-state index in [9.17, 15) is 0 Å². The maximum Gasteiger partial charge on any atom is 0.0355 e. The van der Waals surface area contributed by atoms with E-state index in [4.69, 9.17) is 0 Å². The molecule has 0 N–H and O–H groups in total. The molecule has 0 aliphatic rings. The van der Waals surface area contributed by atoms with Crippen molar-refractivity contribution in [3.8, 4) is 20.9 Å². The molecule has 8 rings (SSSR count). The molecule has 2 aromatic heterocycles. The van der Waals surface area contributed by atoms with Gasteiger partial charge in [0.25, 0.3) is 0 Å². The van der Waals surface area contributed by atoms with Gasteiger partial charge in [-0.05, 0) is 90.6 Å². The average Bonchev–Trinajstić information content (AvgIpc) is 3.55. The fourth-order valence-electron chi connectivity index (χ4n) is 5.43. The molecule has 0 aliphatic carbocycles. The van der Waals surface area contributed by atoms with E-state index in [0.29, 0.717) is 0 Å². The molecule has 0 fully saturated rings. The second-order valence-corrected chi connectivity index (χ2v) is 11.6. The molecular formula is C34H20S2. The highest BCUT2D eigenvalue weighted by atomic mass is 32.1. The molecular weight excluding hydrogens is 473 g/mol. The molecule has 36 heavy (non-hydrogen) atoms. The highest BCUT2D eigenvalue weighted by Gasteiger charge is 2.11. The van der Waals surface area contributed by atoms with Gasteiger partial charge in [0.05, 0.1) is 0 Å². The van der Waals surface area contributed by atoms with Crippen molar-refractivity contribution in [2.24, 2.45) is 0 Å². The van der Waals surface area contributed by atoms with Gasteiger partial charge in [0.2, 0.25) is 0 Å². The first-order chi connectivity index (χ1) is 17.8. The molecule has 2 heteroatoms. The molecule has 0 nitrogen and oxygen atoms in total. The number of benzene rings is 6. The Balaban J connectivity index is 1.34. The van der Waals surface area contributed by atoms with E-state index < -0.39 is 0 Å². The van der Waals surface area contributed by atoms with E-state index in [1.807, 2.05) is 22.7 Å². The molecule has 0 aliphatic heterocycles. The van der Waals surface area contributed by atoms with Gasteiger partial charge in [0.15, 0.2) is 0 Å². The van der Waals surface area contributed by atoms with Gasteiger partial charge in [0.1, 0.15) is 0 Å². The van der Waals surface area contributed by atoms with Crippen molar-refractivity contribution in [3.63, 3.8) is 0 Å². The topological polar surface area (TPSA) is 0 Å². The molecule has 6 aromatic carbocycles. The number of hydrogen-bond donors (Lipinski definition) is 0. The molecule has 8 aromatic rings. The summed E-state index contributed by atoms with van der Waals surface area (Å²) in [5.41, 5.74) is 2.57. The quantitative estimate of drug-likeness (QED) is 0.211. The lowest BCUT2D eigenvalue weighted by Crippen LogP contribution is -1.81. The molecule has 0 radical (unpaired) electrons. The Labute approximate surface area is 216 Å². The molecule has 0 unspecified atom stereocenters. The van der Waals surface area contributed by atoms with E-state index in [2.05, 4.69) is 121 Å². The third kappa shape index (κ3) is 3.12. The summed E-state index contributed by atoms with van der Waals surface area (Å²) < 4.78 is 2.69. The van der Waals surface area contributed by atoms with E-state index in [-0.39, 0.29) is 0 Å². The van der Waals surface area contributed by atoms with Gasteiger partial charge in [-0.3, -0.25) is 0 Å². The second kappa shape index (κ2) is 7.76. The summed E-state index contributed by atoms with van der Waals surface area (Å²) in [5, 5.41) is 10.6. The zero-order valence-corrected chi connectivity index (χ0v) is 21.0. The first-order valence-corrected chi connectivity index (χ1v) is 13.8. The Morgan fingerprint density at radius 2 is 0.778 bits per heavy atom. The maximum atomic E-state index is 2.39. The summed E-state index contributed by atoms with van der Waals surface area (Å²) in [7, 11) is 0. The van der Waals surface area contributed by atoms with E-state index in [0.717, 1.165) is 0 Å². The maximum absolute atomic E-state index is 2.39. The summed E-state index contributed by atoms with van der Waals surface area (Å²) >= 11 is 3.75. The molecule has 0 saturated heterocycles. The number of rotatable bonds is 2. The summed E-state index contributed by atoms with van der Waals surface area (Å²) in [4.78, 5) is 2.65. The molecule has 0 saturated carbocycles. The Bertz CT molecular complexity index is 1920. The van der Waals surface area contributed by atoms with Crippen LogP contribution >= 0.6 is 22.7 Å². The van der Waals surface area contributed by atoms with Crippen LogP contribution in [-0.4, -0.2) is 0 Å². The minimum atomic E-state index is 1.29. The summed E-state index contributed by atoms with van der Waals surface area (Å²) in [5.74, 6) is 0. The lowest BCUT2D eigenvalue weighted by atomic mass is 9.96. The lowest BCUT2D eigenvalue weighted by molar-refractivity contribution is 1.70. The number of thiophene rings is 2. The van der Waals surface area contributed by atoms with Crippen molar-refractivity contribution in [1.29, 1.82) is 0 Å². The van der Waals surface area contributed by atoms with Crippen LogP contribution in [0.5, 0.6) is 0 Å². The zero-order valence-electron chi connectivity index (χ0n) is 19.4. The van der Waals surface area contributed by atoms with Crippen LogP contribution in [0.15, 0.2) is 121 Å². The largest absolute Gasteiger partial charge is 0.135 e. The van der Waals surface area contributed by atoms with Crippen LogP contribution in [0.25, 0.3) is 73.4 Å².